The summed E-state index contributed by atoms with van der Waals surface area (Å²) in [6.45, 7) is 16.8. The minimum absolute atomic E-state index is 0.0176. The number of nitrogens with zero attached hydrogens (tertiary/aromatic N) is 1. The third kappa shape index (κ3) is 9.01. The van der Waals surface area contributed by atoms with Crippen molar-refractivity contribution in [2.24, 2.45) is 11.3 Å². The number of benzene rings is 2. The van der Waals surface area contributed by atoms with Crippen LogP contribution in [0.5, 0.6) is 0 Å². The number of amides is 3. The molecule has 0 radical (unpaired) electrons. The molecule has 0 spiro atoms. The van der Waals surface area contributed by atoms with E-state index in [1.807, 2.05) is 85.7 Å². The Balaban J connectivity index is 2.33. The minimum Gasteiger partial charge on any atom is -0.342 e. The van der Waals surface area contributed by atoms with Gasteiger partial charge in [-0.05, 0) is 49.9 Å². The van der Waals surface area contributed by atoms with Crippen LogP contribution in [0, 0.1) is 18.3 Å². The molecule has 242 valence electrons. The van der Waals surface area contributed by atoms with E-state index in [1.54, 1.807) is 32.3 Å². The minimum atomic E-state index is -4.08. The molecule has 0 aliphatic heterocycles. The van der Waals surface area contributed by atoms with E-state index in [2.05, 4.69) is 15.4 Å². The van der Waals surface area contributed by atoms with Crippen LogP contribution in [-0.2, 0) is 29.8 Å². The second-order valence-electron chi connectivity index (χ2n) is 13.4. The lowest BCUT2D eigenvalue weighted by molar-refractivity contribution is -0.140. The lowest BCUT2D eigenvalue weighted by Crippen LogP contribution is -2.61. The third-order valence-corrected chi connectivity index (χ3v) is 9.35. The lowest BCUT2D eigenvalue weighted by Gasteiger charge is -2.40. The first-order valence-electron chi connectivity index (χ1n) is 14.9. The summed E-state index contributed by atoms with van der Waals surface area (Å²) in [5.41, 5.74) is 0.800. The summed E-state index contributed by atoms with van der Waals surface area (Å²) in [6, 6.07) is 13.8. The standard InChI is InChI=1S/C34H50N4O5S/c1-22(2)27(21-24(4)30(39)37-44(42,43)26-19-17-23(3)18-20-26)38(11)32(41)29(33(5,6)7)36-31(40)28(35-10)34(8,9)25-15-13-12-14-16-25/h12-22,27-29,35H,1-11H3,(H,36,40)(H,37,39)/t27?,28-,29-/m1/s1. The third-order valence-electron chi connectivity index (χ3n) is 8.01. The van der Waals surface area contributed by atoms with Crippen molar-refractivity contribution in [3.63, 3.8) is 0 Å². The molecule has 9 nitrogen and oxygen atoms in total. The average molecular weight is 627 g/mol. The van der Waals surface area contributed by atoms with Crippen LogP contribution < -0.4 is 15.4 Å². The van der Waals surface area contributed by atoms with Crippen LogP contribution in [0.1, 0.15) is 66.5 Å². The van der Waals surface area contributed by atoms with Gasteiger partial charge in [-0.3, -0.25) is 14.4 Å². The molecule has 10 heteroatoms. The van der Waals surface area contributed by atoms with Gasteiger partial charge in [-0.15, -0.1) is 0 Å². The maximum atomic E-state index is 14.1. The van der Waals surface area contributed by atoms with Crippen molar-refractivity contribution < 1.29 is 22.8 Å². The van der Waals surface area contributed by atoms with E-state index in [0.29, 0.717) is 0 Å². The van der Waals surface area contributed by atoms with Crippen LogP contribution in [0.2, 0.25) is 0 Å². The smallest absolute Gasteiger partial charge is 0.264 e. The van der Waals surface area contributed by atoms with Crippen molar-refractivity contribution in [1.29, 1.82) is 0 Å². The fourth-order valence-corrected chi connectivity index (χ4v) is 6.16. The highest BCUT2D eigenvalue weighted by atomic mass is 32.2. The molecule has 44 heavy (non-hydrogen) atoms. The normalized spacial score (nSPS) is 14.9. The van der Waals surface area contributed by atoms with E-state index in [4.69, 9.17) is 0 Å². The highest BCUT2D eigenvalue weighted by Gasteiger charge is 2.41. The molecule has 1 unspecified atom stereocenters. The number of hydrogen-bond donors (Lipinski definition) is 3. The van der Waals surface area contributed by atoms with Crippen LogP contribution in [0.15, 0.2) is 71.1 Å². The molecule has 2 aromatic carbocycles. The summed E-state index contributed by atoms with van der Waals surface area (Å²) in [4.78, 5) is 42.3. The van der Waals surface area contributed by atoms with Gasteiger partial charge in [0.25, 0.3) is 15.9 Å². The van der Waals surface area contributed by atoms with Gasteiger partial charge in [-0.1, -0.05) is 103 Å². The first-order chi connectivity index (χ1) is 20.2. The summed E-state index contributed by atoms with van der Waals surface area (Å²) < 4.78 is 27.7. The second kappa shape index (κ2) is 14.5. The number of nitrogens with one attached hydrogen (secondary N) is 3. The number of aryl methyl sites for hydroxylation is 1. The zero-order valence-electron chi connectivity index (χ0n) is 28.0. The van der Waals surface area contributed by atoms with Crippen LogP contribution >= 0.6 is 0 Å². The van der Waals surface area contributed by atoms with Crippen molar-refractivity contribution in [2.45, 2.75) is 90.7 Å². The molecule has 0 fully saturated rings. The number of carbonyl (C=O) groups is 3. The molecule has 0 aromatic heterocycles. The Labute approximate surface area is 263 Å². The van der Waals surface area contributed by atoms with Gasteiger partial charge in [-0.2, -0.15) is 0 Å². The van der Waals surface area contributed by atoms with Crippen molar-refractivity contribution >= 4 is 27.7 Å². The number of carbonyl (C=O) groups excluding carboxylic acids is 3. The Bertz CT molecular complexity index is 1440. The number of hydrogen-bond acceptors (Lipinski definition) is 6. The van der Waals surface area contributed by atoms with Gasteiger partial charge in [0.1, 0.15) is 6.04 Å². The van der Waals surface area contributed by atoms with E-state index < -0.39 is 44.9 Å². The van der Waals surface area contributed by atoms with Gasteiger partial charge in [-0.25, -0.2) is 13.1 Å². The van der Waals surface area contributed by atoms with E-state index in [9.17, 15) is 22.8 Å². The van der Waals surface area contributed by atoms with Gasteiger partial charge in [0.2, 0.25) is 11.8 Å². The quantitative estimate of drug-likeness (QED) is 0.302. The summed E-state index contributed by atoms with van der Waals surface area (Å²) >= 11 is 0. The molecule has 3 atom stereocenters. The van der Waals surface area contributed by atoms with Crippen molar-refractivity contribution in [3.05, 3.63) is 77.4 Å². The average Bonchev–Trinajstić information content (AvgIpc) is 2.93. The van der Waals surface area contributed by atoms with E-state index >= 15 is 0 Å². The maximum absolute atomic E-state index is 14.1. The van der Waals surface area contributed by atoms with Crippen molar-refractivity contribution in [3.8, 4) is 0 Å². The molecule has 2 aromatic rings. The Morgan fingerprint density at radius 2 is 1.43 bits per heavy atom. The zero-order valence-corrected chi connectivity index (χ0v) is 28.8. The summed E-state index contributed by atoms with van der Waals surface area (Å²) in [5, 5.41) is 6.15. The summed E-state index contributed by atoms with van der Waals surface area (Å²) in [7, 11) is -0.723. The first kappa shape index (κ1) is 36.7. The van der Waals surface area contributed by atoms with E-state index in [0.717, 1.165) is 11.1 Å². The second-order valence-corrected chi connectivity index (χ2v) is 15.1. The van der Waals surface area contributed by atoms with E-state index in [-0.39, 0.29) is 28.2 Å². The Kier molecular flexibility index (Phi) is 12.1. The van der Waals surface area contributed by atoms with Crippen molar-refractivity contribution in [1.82, 2.24) is 20.3 Å². The Morgan fingerprint density at radius 3 is 1.91 bits per heavy atom. The molecular weight excluding hydrogens is 576 g/mol. The molecule has 0 aliphatic carbocycles. The molecule has 2 rings (SSSR count). The topological polar surface area (TPSA) is 125 Å². The predicted octanol–water partition coefficient (Wildman–Crippen LogP) is 4.33. The molecule has 0 saturated carbocycles. The van der Waals surface area contributed by atoms with E-state index in [1.165, 1.54) is 24.0 Å². The zero-order chi connectivity index (χ0) is 33.6. The van der Waals surface area contributed by atoms with Gasteiger partial charge in [0.05, 0.1) is 17.0 Å². The highest BCUT2D eigenvalue weighted by Crippen LogP contribution is 2.29. The molecule has 0 heterocycles. The highest BCUT2D eigenvalue weighted by molar-refractivity contribution is 7.90. The molecule has 3 amide bonds. The molecule has 0 bridgehead atoms. The summed E-state index contributed by atoms with van der Waals surface area (Å²) in [6.07, 6.45) is 1.60. The molecule has 0 saturated heterocycles. The largest absolute Gasteiger partial charge is 0.342 e. The molecular formula is C34H50N4O5S. The van der Waals surface area contributed by atoms with Gasteiger partial charge in [0.15, 0.2) is 0 Å². The summed E-state index contributed by atoms with van der Waals surface area (Å²) in [5.74, 6) is -1.54. The maximum Gasteiger partial charge on any atom is 0.264 e. The van der Waals surface area contributed by atoms with Crippen LogP contribution in [0.4, 0.5) is 0 Å². The number of sulfonamides is 1. The predicted molar refractivity (Wildman–Crippen MR) is 175 cm³/mol. The lowest BCUT2D eigenvalue weighted by atomic mass is 9.76. The van der Waals surface area contributed by atoms with Crippen LogP contribution in [0.25, 0.3) is 0 Å². The molecule has 0 aliphatic rings. The van der Waals surface area contributed by atoms with Gasteiger partial charge in [0, 0.05) is 18.0 Å². The monoisotopic (exact) mass is 626 g/mol. The van der Waals surface area contributed by atoms with Crippen LogP contribution in [-0.4, -0.2) is 63.3 Å². The first-order valence-corrected chi connectivity index (χ1v) is 16.3. The van der Waals surface area contributed by atoms with Crippen LogP contribution in [0.3, 0.4) is 0 Å². The SMILES string of the molecule is CN[C@H](C(=O)N[C@H](C(=O)N(C)C(C=C(C)C(=O)NS(=O)(=O)c1ccc(C)cc1)C(C)C)C(C)(C)C)C(C)(C)c1ccccc1. The Hall–Kier alpha value is -3.50. The van der Waals surface area contributed by atoms with Crippen molar-refractivity contribution in [2.75, 3.05) is 14.1 Å². The molecule has 3 N–H and O–H groups in total. The number of likely N-dealkylation sites (N-methyl/N-ethyl adjacent to an activating group) is 2. The fourth-order valence-electron chi connectivity index (χ4n) is 5.14. The van der Waals surface area contributed by atoms with Gasteiger partial charge < -0.3 is 15.5 Å². The fraction of sp³-hybridized carbons (Fsp3) is 0.500. The Morgan fingerprint density at radius 1 is 0.886 bits per heavy atom. The number of rotatable bonds is 12. The van der Waals surface area contributed by atoms with Gasteiger partial charge >= 0.3 is 0 Å².